The summed E-state index contributed by atoms with van der Waals surface area (Å²) < 4.78 is 10.0. The van der Waals surface area contributed by atoms with E-state index in [1.165, 1.54) is 31.4 Å². The molecular formula is C18H19NO5S. The van der Waals surface area contributed by atoms with Gasteiger partial charge in [0.05, 0.1) is 17.0 Å². The number of hydrogen-bond donors (Lipinski definition) is 1. The number of methoxy groups -OCH3 is 1. The summed E-state index contributed by atoms with van der Waals surface area (Å²) in [7, 11) is 1.52. The Bertz CT molecular complexity index is 742. The third-order valence-corrected chi connectivity index (χ3v) is 4.26. The number of thiophene rings is 1. The first-order chi connectivity index (χ1) is 12.0. The van der Waals surface area contributed by atoms with Crippen molar-refractivity contribution in [2.24, 2.45) is 0 Å². The Hall–Kier alpha value is -2.51. The van der Waals surface area contributed by atoms with Crippen LogP contribution in [0.4, 0.5) is 0 Å². The number of amides is 1. The Kier molecular flexibility index (Phi) is 6.85. The van der Waals surface area contributed by atoms with Crippen molar-refractivity contribution in [2.75, 3.05) is 20.3 Å². The fraction of sp³-hybridized carbons (Fsp3) is 0.278. The molecule has 0 saturated heterocycles. The number of benzene rings is 1. The summed E-state index contributed by atoms with van der Waals surface area (Å²) in [5.41, 5.74) is 0.388. The molecule has 0 aliphatic carbocycles. The Morgan fingerprint density at radius 1 is 1.12 bits per heavy atom. The lowest BCUT2D eigenvalue weighted by Gasteiger charge is -2.14. The van der Waals surface area contributed by atoms with Crippen molar-refractivity contribution in [3.05, 3.63) is 57.8 Å². The third kappa shape index (κ3) is 4.98. The Labute approximate surface area is 149 Å². The van der Waals surface area contributed by atoms with Crippen molar-refractivity contribution in [3.8, 4) is 0 Å². The van der Waals surface area contributed by atoms with Crippen molar-refractivity contribution in [2.45, 2.75) is 13.0 Å². The summed E-state index contributed by atoms with van der Waals surface area (Å²) in [6, 6.07) is 9.87. The predicted octanol–water partition coefficient (Wildman–Crippen LogP) is 2.29. The molecule has 1 heterocycles. The fourth-order valence-electron chi connectivity index (χ4n) is 2.10. The lowest BCUT2D eigenvalue weighted by atomic mass is 10.0. The molecule has 1 N–H and O–H groups in total. The zero-order valence-electron chi connectivity index (χ0n) is 14.0. The molecule has 1 aromatic carbocycles. The van der Waals surface area contributed by atoms with E-state index in [0.29, 0.717) is 18.0 Å². The number of rotatable bonds is 8. The van der Waals surface area contributed by atoms with Crippen LogP contribution in [0.25, 0.3) is 0 Å². The number of nitrogens with one attached hydrogen (secondary N) is 1. The second-order valence-electron chi connectivity index (χ2n) is 5.18. The summed E-state index contributed by atoms with van der Waals surface area (Å²) in [4.78, 5) is 37.4. The van der Waals surface area contributed by atoms with Crippen LogP contribution in [-0.4, -0.2) is 44.0 Å². The first kappa shape index (κ1) is 18.8. The Morgan fingerprint density at radius 3 is 2.48 bits per heavy atom. The van der Waals surface area contributed by atoms with Crippen LogP contribution in [0.2, 0.25) is 0 Å². The first-order valence-electron chi connectivity index (χ1n) is 7.69. The topological polar surface area (TPSA) is 81.7 Å². The minimum absolute atomic E-state index is 0.137. The van der Waals surface area contributed by atoms with E-state index in [-0.39, 0.29) is 16.9 Å². The van der Waals surface area contributed by atoms with E-state index in [4.69, 9.17) is 9.47 Å². The van der Waals surface area contributed by atoms with Gasteiger partial charge in [-0.2, -0.15) is 0 Å². The maximum absolute atomic E-state index is 12.5. The smallest absolute Gasteiger partial charge is 0.339 e. The lowest BCUT2D eigenvalue weighted by Crippen LogP contribution is -2.37. The molecule has 1 atom stereocenters. The normalized spacial score (nSPS) is 11.6. The molecule has 0 fully saturated rings. The largest absolute Gasteiger partial charge is 0.449 e. The molecule has 0 aliphatic heterocycles. The van der Waals surface area contributed by atoms with Crippen LogP contribution in [0, 0.1) is 0 Å². The Balaban J connectivity index is 2.09. The highest BCUT2D eigenvalue weighted by atomic mass is 32.1. The molecule has 0 aliphatic rings. The van der Waals surface area contributed by atoms with Gasteiger partial charge in [-0.15, -0.1) is 11.3 Å². The van der Waals surface area contributed by atoms with Gasteiger partial charge < -0.3 is 14.8 Å². The number of carbonyl (C=O) groups excluding carboxylic acids is 3. The summed E-state index contributed by atoms with van der Waals surface area (Å²) in [5.74, 6) is -1.39. The molecule has 0 saturated carbocycles. The highest BCUT2D eigenvalue weighted by Crippen LogP contribution is 2.19. The summed E-state index contributed by atoms with van der Waals surface area (Å²) in [6.45, 7) is 2.17. The maximum Gasteiger partial charge on any atom is 0.339 e. The van der Waals surface area contributed by atoms with Gasteiger partial charge in [-0.1, -0.05) is 24.3 Å². The standard InChI is InChI=1S/C18H19NO5S/c1-12(17(21)19-9-10-23-2)24-18(22)14-7-4-3-6-13(14)16(20)15-8-5-11-25-15/h3-8,11-12H,9-10H2,1-2H3,(H,19,21)/t12-/m0/s1. The maximum atomic E-state index is 12.5. The highest BCUT2D eigenvalue weighted by Gasteiger charge is 2.23. The molecule has 2 rings (SSSR count). The van der Waals surface area contributed by atoms with Gasteiger partial charge in [0.15, 0.2) is 6.10 Å². The van der Waals surface area contributed by atoms with E-state index >= 15 is 0 Å². The molecule has 0 unspecified atom stereocenters. The molecule has 0 spiro atoms. The number of hydrogen-bond acceptors (Lipinski definition) is 6. The van der Waals surface area contributed by atoms with E-state index in [1.807, 2.05) is 0 Å². The minimum atomic E-state index is -0.978. The monoisotopic (exact) mass is 361 g/mol. The molecule has 6 nitrogen and oxygen atoms in total. The van der Waals surface area contributed by atoms with Crippen LogP contribution in [-0.2, 0) is 14.3 Å². The van der Waals surface area contributed by atoms with Crippen LogP contribution in [0.15, 0.2) is 41.8 Å². The zero-order chi connectivity index (χ0) is 18.2. The van der Waals surface area contributed by atoms with E-state index in [9.17, 15) is 14.4 Å². The van der Waals surface area contributed by atoms with Crippen molar-refractivity contribution in [1.82, 2.24) is 5.32 Å². The first-order valence-corrected chi connectivity index (χ1v) is 8.57. The number of esters is 1. The van der Waals surface area contributed by atoms with Crippen LogP contribution >= 0.6 is 11.3 Å². The van der Waals surface area contributed by atoms with Crippen molar-refractivity contribution < 1.29 is 23.9 Å². The van der Waals surface area contributed by atoms with E-state index in [2.05, 4.69) is 5.32 Å². The van der Waals surface area contributed by atoms with Crippen LogP contribution < -0.4 is 5.32 Å². The van der Waals surface area contributed by atoms with Crippen LogP contribution in [0.1, 0.15) is 32.5 Å². The summed E-state index contributed by atoms with van der Waals surface area (Å²) in [5, 5.41) is 4.39. The number of carbonyl (C=O) groups is 3. The fourth-order valence-corrected chi connectivity index (χ4v) is 2.78. The van der Waals surface area contributed by atoms with Crippen molar-refractivity contribution in [1.29, 1.82) is 0 Å². The molecule has 0 radical (unpaired) electrons. The molecule has 1 amide bonds. The highest BCUT2D eigenvalue weighted by molar-refractivity contribution is 7.12. The number of ketones is 1. The molecule has 1 aromatic heterocycles. The Morgan fingerprint density at radius 2 is 1.84 bits per heavy atom. The molecule has 132 valence electrons. The lowest BCUT2D eigenvalue weighted by molar-refractivity contribution is -0.129. The van der Waals surface area contributed by atoms with E-state index in [1.54, 1.807) is 35.7 Å². The van der Waals surface area contributed by atoms with Gasteiger partial charge in [-0.3, -0.25) is 9.59 Å². The third-order valence-electron chi connectivity index (χ3n) is 3.40. The van der Waals surface area contributed by atoms with Gasteiger partial charge in [0.1, 0.15) is 0 Å². The zero-order valence-corrected chi connectivity index (χ0v) is 14.8. The molecule has 25 heavy (non-hydrogen) atoms. The quantitative estimate of drug-likeness (QED) is 0.443. The van der Waals surface area contributed by atoms with Gasteiger partial charge in [-0.25, -0.2) is 4.79 Å². The average molecular weight is 361 g/mol. The van der Waals surface area contributed by atoms with Gasteiger partial charge in [-0.05, 0) is 24.4 Å². The second kappa shape index (κ2) is 9.10. The molecule has 2 aromatic rings. The van der Waals surface area contributed by atoms with Gasteiger partial charge in [0, 0.05) is 19.2 Å². The van der Waals surface area contributed by atoms with Crippen LogP contribution in [0.3, 0.4) is 0 Å². The van der Waals surface area contributed by atoms with Crippen molar-refractivity contribution in [3.63, 3.8) is 0 Å². The van der Waals surface area contributed by atoms with E-state index in [0.717, 1.165) is 0 Å². The van der Waals surface area contributed by atoms with Gasteiger partial charge in [0.2, 0.25) is 5.78 Å². The molecular weight excluding hydrogens is 342 g/mol. The van der Waals surface area contributed by atoms with Gasteiger partial charge in [0.25, 0.3) is 5.91 Å². The predicted molar refractivity (Wildman–Crippen MR) is 94.0 cm³/mol. The summed E-state index contributed by atoms with van der Waals surface area (Å²) >= 11 is 1.30. The average Bonchev–Trinajstić information content (AvgIpc) is 3.15. The molecule has 0 bridgehead atoms. The molecule has 7 heteroatoms. The second-order valence-corrected chi connectivity index (χ2v) is 6.13. The summed E-state index contributed by atoms with van der Waals surface area (Å²) in [6.07, 6.45) is -0.978. The SMILES string of the molecule is COCCNC(=O)[C@H](C)OC(=O)c1ccccc1C(=O)c1cccs1. The number of ether oxygens (including phenoxy) is 2. The van der Waals surface area contributed by atoms with Crippen LogP contribution in [0.5, 0.6) is 0 Å². The van der Waals surface area contributed by atoms with Gasteiger partial charge >= 0.3 is 5.97 Å². The minimum Gasteiger partial charge on any atom is -0.449 e. The van der Waals surface area contributed by atoms with Crippen molar-refractivity contribution >= 4 is 29.0 Å². The van der Waals surface area contributed by atoms with E-state index < -0.39 is 18.0 Å².